The Morgan fingerprint density at radius 3 is 1.67 bits per heavy atom. The van der Waals surface area contributed by atoms with Crippen LogP contribution in [0, 0.1) is 0 Å². The molecule has 0 atom stereocenters. The molecule has 12 rings (SSSR count). The molecule has 0 radical (unpaired) electrons. The van der Waals surface area contributed by atoms with E-state index in [0.717, 1.165) is 21.9 Å². The van der Waals surface area contributed by atoms with Gasteiger partial charge in [-0.25, -0.2) is 0 Å². The number of rotatable bonds is 3. The Balaban J connectivity index is 1.07. The molecule has 12 aromatic rings. The Hall–Kier alpha value is -6.74. The Morgan fingerprint density at radius 1 is 0.333 bits per heavy atom. The lowest BCUT2D eigenvalue weighted by Gasteiger charge is -2.18. The molecular formula is C52H30OS. The van der Waals surface area contributed by atoms with Gasteiger partial charge in [-0.05, 0) is 113 Å². The molecule has 0 unspecified atom stereocenters. The summed E-state index contributed by atoms with van der Waals surface area (Å²) in [5.74, 6) is 0. The molecule has 0 aliphatic rings. The molecule has 0 aliphatic carbocycles. The van der Waals surface area contributed by atoms with Gasteiger partial charge < -0.3 is 4.42 Å². The lowest BCUT2D eigenvalue weighted by Crippen LogP contribution is -1.91. The summed E-state index contributed by atoms with van der Waals surface area (Å²) in [4.78, 5) is 0. The second-order valence-electron chi connectivity index (χ2n) is 14.4. The van der Waals surface area contributed by atoms with E-state index in [1.165, 1.54) is 96.6 Å². The maximum absolute atomic E-state index is 6.73. The second kappa shape index (κ2) is 11.4. The molecule has 0 amide bonds. The zero-order chi connectivity index (χ0) is 35.3. The summed E-state index contributed by atoms with van der Waals surface area (Å²) in [5.41, 5.74) is 9.26. The highest BCUT2D eigenvalue weighted by Crippen LogP contribution is 2.47. The number of benzene rings is 10. The third-order valence-electron chi connectivity index (χ3n) is 11.4. The van der Waals surface area contributed by atoms with Crippen molar-refractivity contribution in [1.29, 1.82) is 0 Å². The average molecular weight is 703 g/mol. The first-order chi connectivity index (χ1) is 26.8. The van der Waals surface area contributed by atoms with Crippen molar-refractivity contribution in [2.45, 2.75) is 0 Å². The Bertz CT molecular complexity index is 3450. The van der Waals surface area contributed by atoms with Gasteiger partial charge in [-0.15, -0.1) is 11.3 Å². The summed E-state index contributed by atoms with van der Waals surface area (Å²) in [6, 6.07) is 66.7. The number of hydrogen-bond acceptors (Lipinski definition) is 2. The lowest BCUT2D eigenvalue weighted by molar-refractivity contribution is 0.673. The van der Waals surface area contributed by atoms with E-state index in [4.69, 9.17) is 4.42 Å². The van der Waals surface area contributed by atoms with Crippen molar-refractivity contribution in [3.63, 3.8) is 0 Å². The monoisotopic (exact) mass is 702 g/mol. The van der Waals surface area contributed by atoms with Gasteiger partial charge in [0.1, 0.15) is 5.58 Å². The van der Waals surface area contributed by atoms with E-state index in [-0.39, 0.29) is 0 Å². The van der Waals surface area contributed by atoms with Gasteiger partial charge in [0.15, 0.2) is 5.58 Å². The largest absolute Gasteiger partial charge is 0.455 e. The number of thiophene rings is 1. The Labute approximate surface area is 314 Å². The van der Waals surface area contributed by atoms with Crippen LogP contribution in [0.5, 0.6) is 0 Å². The molecule has 0 spiro atoms. The van der Waals surface area contributed by atoms with Crippen molar-refractivity contribution in [3.8, 4) is 33.4 Å². The molecule has 2 aromatic heterocycles. The molecule has 10 aromatic carbocycles. The molecule has 0 fully saturated rings. The number of hydrogen-bond donors (Lipinski definition) is 0. The topological polar surface area (TPSA) is 13.1 Å². The molecular weight excluding hydrogens is 673 g/mol. The fourth-order valence-electron chi connectivity index (χ4n) is 8.97. The van der Waals surface area contributed by atoms with Crippen LogP contribution >= 0.6 is 11.3 Å². The van der Waals surface area contributed by atoms with Gasteiger partial charge in [-0.3, -0.25) is 0 Å². The van der Waals surface area contributed by atoms with Crippen LogP contribution in [-0.4, -0.2) is 0 Å². The van der Waals surface area contributed by atoms with E-state index in [1.807, 2.05) is 11.3 Å². The normalized spacial score (nSPS) is 12.1. The summed E-state index contributed by atoms with van der Waals surface area (Å²) in [6.07, 6.45) is 0. The average Bonchev–Trinajstić information content (AvgIpc) is 3.81. The molecule has 0 bridgehead atoms. The quantitative estimate of drug-likeness (QED) is 0.167. The van der Waals surface area contributed by atoms with E-state index < -0.39 is 0 Å². The Kier molecular flexibility index (Phi) is 6.28. The van der Waals surface area contributed by atoms with Crippen molar-refractivity contribution in [3.05, 3.63) is 182 Å². The van der Waals surface area contributed by atoms with Gasteiger partial charge in [0, 0.05) is 26.2 Å². The minimum absolute atomic E-state index is 0.916. The summed E-state index contributed by atoms with van der Waals surface area (Å²) in [5, 5.41) is 14.9. The van der Waals surface area contributed by atoms with Crippen molar-refractivity contribution >= 4 is 96.5 Å². The first-order valence-electron chi connectivity index (χ1n) is 18.5. The van der Waals surface area contributed by atoms with Crippen LogP contribution in [0.25, 0.3) is 119 Å². The highest BCUT2D eigenvalue weighted by Gasteiger charge is 2.20. The van der Waals surface area contributed by atoms with Crippen molar-refractivity contribution < 1.29 is 4.42 Å². The zero-order valence-electron chi connectivity index (χ0n) is 29.1. The first-order valence-corrected chi connectivity index (χ1v) is 19.3. The minimum Gasteiger partial charge on any atom is -0.455 e. The second-order valence-corrected chi connectivity index (χ2v) is 15.4. The van der Waals surface area contributed by atoms with Gasteiger partial charge in [-0.2, -0.15) is 0 Å². The molecule has 250 valence electrons. The third-order valence-corrected chi connectivity index (χ3v) is 12.6. The lowest BCUT2D eigenvalue weighted by atomic mass is 9.85. The minimum atomic E-state index is 0.916. The van der Waals surface area contributed by atoms with E-state index in [2.05, 4.69) is 182 Å². The fourth-order valence-corrected chi connectivity index (χ4v) is 10.2. The molecule has 2 heteroatoms. The van der Waals surface area contributed by atoms with Crippen LogP contribution in [0.3, 0.4) is 0 Å². The van der Waals surface area contributed by atoms with Gasteiger partial charge in [0.25, 0.3) is 0 Å². The van der Waals surface area contributed by atoms with E-state index in [0.29, 0.717) is 0 Å². The zero-order valence-corrected chi connectivity index (χ0v) is 30.0. The summed E-state index contributed by atoms with van der Waals surface area (Å²) in [7, 11) is 0. The van der Waals surface area contributed by atoms with E-state index in [9.17, 15) is 0 Å². The molecule has 0 N–H and O–H groups in total. The standard InChI is InChI=1S/C52H30OS/c1-2-12-33-28-35(21-20-31(33)10-1)34-13-9-14-36(29-34)48-39-16-5-7-18-41(39)49(42-19-8-6-17-40(42)48)37-22-26-46-45(30-37)43-24-25-44-50-38-15-4-3-11-32(38)23-27-47(50)54-52(44)51(43)53-46/h1-30H. The molecule has 1 nitrogen and oxygen atoms in total. The van der Waals surface area contributed by atoms with Crippen molar-refractivity contribution in [2.75, 3.05) is 0 Å². The SMILES string of the molecule is c1cc(-c2ccc3ccccc3c2)cc(-c2c3ccccc3c(-c3ccc4oc5c(ccc6c5sc5ccc7ccccc7c56)c4c3)c3ccccc23)c1. The van der Waals surface area contributed by atoms with Gasteiger partial charge >= 0.3 is 0 Å². The molecule has 54 heavy (non-hydrogen) atoms. The predicted molar refractivity (Wildman–Crippen MR) is 233 cm³/mol. The molecule has 0 aliphatic heterocycles. The van der Waals surface area contributed by atoms with Gasteiger partial charge in [0.2, 0.25) is 0 Å². The molecule has 0 saturated heterocycles. The summed E-state index contributed by atoms with van der Waals surface area (Å²) < 4.78 is 9.23. The Morgan fingerprint density at radius 2 is 0.907 bits per heavy atom. The highest BCUT2D eigenvalue weighted by atomic mass is 32.1. The van der Waals surface area contributed by atoms with Crippen LogP contribution in [0.2, 0.25) is 0 Å². The van der Waals surface area contributed by atoms with Gasteiger partial charge in [-0.1, -0.05) is 146 Å². The predicted octanol–water partition coefficient (Wildman–Crippen LogP) is 15.6. The van der Waals surface area contributed by atoms with Crippen LogP contribution in [0.15, 0.2) is 186 Å². The smallest absolute Gasteiger partial charge is 0.153 e. The summed E-state index contributed by atoms with van der Waals surface area (Å²) >= 11 is 1.83. The summed E-state index contributed by atoms with van der Waals surface area (Å²) in [6.45, 7) is 0. The van der Waals surface area contributed by atoms with Gasteiger partial charge in [0.05, 0.1) is 4.70 Å². The van der Waals surface area contributed by atoms with Crippen LogP contribution in [0.4, 0.5) is 0 Å². The number of fused-ring (bicyclic) bond motifs is 12. The number of furan rings is 1. The van der Waals surface area contributed by atoms with Crippen LogP contribution < -0.4 is 0 Å². The molecule has 2 heterocycles. The fraction of sp³-hybridized carbons (Fsp3) is 0. The van der Waals surface area contributed by atoms with Crippen LogP contribution in [0.1, 0.15) is 0 Å². The highest BCUT2D eigenvalue weighted by molar-refractivity contribution is 7.26. The first kappa shape index (κ1) is 29.8. The molecule has 0 saturated carbocycles. The van der Waals surface area contributed by atoms with Crippen molar-refractivity contribution in [1.82, 2.24) is 0 Å². The van der Waals surface area contributed by atoms with E-state index >= 15 is 0 Å². The van der Waals surface area contributed by atoms with E-state index in [1.54, 1.807) is 0 Å². The van der Waals surface area contributed by atoms with Crippen LogP contribution in [-0.2, 0) is 0 Å². The maximum atomic E-state index is 6.73. The maximum Gasteiger partial charge on any atom is 0.153 e. The third kappa shape index (κ3) is 4.32. The van der Waals surface area contributed by atoms with Crippen molar-refractivity contribution in [2.24, 2.45) is 0 Å².